The van der Waals surface area contributed by atoms with E-state index in [0.29, 0.717) is 0 Å². The summed E-state index contributed by atoms with van der Waals surface area (Å²) in [5.74, 6) is 3.61. The summed E-state index contributed by atoms with van der Waals surface area (Å²) < 4.78 is 5.97. The average molecular weight is 296 g/mol. The Labute approximate surface area is 131 Å². The predicted molar refractivity (Wildman–Crippen MR) is 87.1 cm³/mol. The van der Waals surface area contributed by atoms with Gasteiger partial charge in [0.15, 0.2) is 0 Å². The van der Waals surface area contributed by atoms with Crippen LogP contribution in [0.2, 0.25) is 0 Å². The lowest BCUT2D eigenvalue weighted by Crippen LogP contribution is -2.35. The number of hydrogen-bond donors (Lipinski definition) is 2. The summed E-state index contributed by atoms with van der Waals surface area (Å²) in [6.45, 7) is 5.79. The second-order valence-electron chi connectivity index (χ2n) is 5.75. The van der Waals surface area contributed by atoms with Gasteiger partial charge in [-0.1, -0.05) is 30.2 Å². The molecule has 0 aliphatic heterocycles. The maximum Gasteiger partial charge on any atom is 0.120 e. The van der Waals surface area contributed by atoms with Crippen LogP contribution < -0.4 is 4.74 Å². The number of phenols is 1. The molecule has 2 N–H and O–H groups in total. The normalized spacial score (nSPS) is 12.1. The van der Waals surface area contributed by atoms with Crippen molar-refractivity contribution in [1.82, 2.24) is 0 Å². The Balaban J connectivity index is 2.15. The molecule has 0 aliphatic rings. The molecule has 2 aromatic carbocycles. The molecule has 0 saturated carbocycles. The van der Waals surface area contributed by atoms with E-state index < -0.39 is 5.60 Å². The third kappa shape index (κ3) is 3.73. The molecule has 2 rings (SSSR count). The average Bonchev–Trinajstić information content (AvgIpc) is 2.49. The maximum atomic E-state index is 9.32. The van der Waals surface area contributed by atoms with Gasteiger partial charge in [-0.3, -0.25) is 0 Å². The lowest BCUT2D eigenvalue weighted by Gasteiger charge is -2.29. The Morgan fingerprint density at radius 1 is 0.955 bits per heavy atom. The van der Waals surface area contributed by atoms with E-state index in [1.165, 1.54) is 0 Å². The highest BCUT2D eigenvalue weighted by Crippen LogP contribution is 2.28. The number of aromatic hydroxyl groups is 1. The van der Waals surface area contributed by atoms with Gasteiger partial charge in [0.25, 0.3) is 0 Å². The van der Waals surface area contributed by atoms with Gasteiger partial charge in [-0.15, -0.1) is 0 Å². The van der Waals surface area contributed by atoms with Crippen molar-refractivity contribution >= 4 is 0 Å². The molecule has 22 heavy (non-hydrogen) atoms. The van der Waals surface area contributed by atoms with Crippen LogP contribution in [0, 0.1) is 17.9 Å². The third-order valence-electron chi connectivity index (χ3n) is 3.76. The molecule has 0 radical (unpaired) electrons. The van der Waals surface area contributed by atoms with Crippen molar-refractivity contribution in [2.45, 2.75) is 26.4 Å². The Bertz CT molecular complexity index is 673. The molecule has 2 aromatic rings. The van der Waals surface area contributed by atoms with E-state index in [9.17, 15) is 5.11 Å². The Hall–Kier alpha value is -2.60. The third-order valence-corrected chi connectivity index (χ3v) is 3.76. The van der Waals surface area contributed by atoms with Crippen LogP contribution in [0.25, 0.3) is 11.1 Å². The van der Waals surface area contributed by atoms with Gasteiger partial charge in [0.05, 0.1) is 5.92 Å². The Morgan fingerprint density at radius 3 is 1.95 bits per heavy atom. The monoisotopic (exact) mass is 296 g/mol. The summed E-state index contributed by atoms with van der Waals surface area (Å²) in [7, 11) is 0. The molecule has 3 heteroatoms. The highest BCUT2D eigenvalue weighted by molar-refractivity contribution is 5.64. The van der Waals surface area contributed by atoms with E-state index in [4.69, 9.17) is 9.84 Å². The molecule has 0 saturated heterocycles. The lowest BCUT2D eigenvalue weighted by molar-refractivity contribution is 0.0754. The highest BCUT2D eigenvalue weighted by Gasteiger charge is 2.26. The predicted octanol–water partition coefficient (Wildman–Crippen LogP) is 4.19. The summed E-state index contributed by atoms with van der Waals surface area (Å²) in [4.78, 5) is 0. The quantitative estimate of drug-likeness (QED) is 0.832. The number of rotatable bonds is 4. The minimum Gasteiger partial charge on any atom is -0.508 e. The zero-order valence-electron chi connectivity index (χ0n) is 13.0. The summed E-state index contributed by atoms with van der Waals surface area (Å²) >= 11 is 0. The minimum absolute atomic E-state index is 0.103. The van der Waals surface area contributed by atoms with Crippen LogP contribution in [0.4, 0.5) is 0 Å². The maximum absolute atomic E-state index is 9.32. The summed E-state index contributed by atoms with van der Waals surface area (Å²) in [6.07, 6.45) is 1.94. The summed E-state index contributed by atoms with van der Waals surface area (Å²) in [6, 6.07) is 14.8. The Morgan fingerprint density at radius 2 is 1.45 bits per heavy atom. The molecule has 0 amide bonds. The van der Waals surface area contributed by atoms with Gasteiger partial charge in [-0.25, -0.2) is 0 Å². The number of aliphatic hydroxyl groups is 1. The fourth-order valence-electron chi connectivity index (χ4n) is 2.03. The second kappa shape index (κ2) is 6.44. The molecule has 3 nitrogen and oxygen atoms in total. The van der Waals surface area contributed by atoms with Gasteiger partial charge in [0.1, 0.15) is 23.2 Å². The molecular weight excluding hydrogens is 276 g/mol. The van der Waals surface area contributed by atoms with Crippen LogP contribution in [0.1, 0.15) is 20.8 Å². The number of benzene rings is 2. The van der Waals surface area contributed by atoms with E-state index >= 15 is 0 Å². The second-order valence-corrected chi connectivity index (χ2v) is 5.75. The fraction of sp³-hybridized carbons (Fsp3) is 0.263. The molecule has 0 spiro atoms. The van der Waals surface area contributed by atoms with E-state index in [1.54, 1.807) is 12.1 Å². The lowest BCUT2D eigenvalue weighted by atomic mass is 9.93. The van der Waals surface area contributed by atoms with Crippen LogP contribution in [0.5, 0.6) is 11.5 Å². The van der Waals surface area contributed by atoms with Crippen molar-refractivity contribution in [2.24, 2.45) is 5.92 Å². The smallest absolute Gasteiger partial charge is 0.120 e. The van der Waals surface area contributed by atoms with Gasteiger partial charge >= 0.3 is 0 Å². The van der Waals surface area contributed by atoms with Gasteiger partial charge in [-0.2, -0.15) is 0 Å². The zero-order chi connectivity index (χ0) is 16.2. The number of phenolic OH excluding ortho intramolecular Hbond substituents is 1. The molecule has 0 aliphatic carbocycles. The molecule has 0 bridgehead atoms. The molecule has 114 valence electrons. The molecule has 0 aromatic heterocycles. The van der Waals surface area contributed by atoms with Crippen LogP contribution in [-0.4, -0.2) is 15.8 Å². The van der Waals surface area contributed by atoms with E-state index in [0.717, 1.165) is 16.9 Å². The van der Waals surface area contributed by atoms with Gasteiger partial charge < -0.3 is 14.9 Å². The summed E-state index contributed by atoms with van der Waals surface area (Å²) in [5, 5.41) is 18.0. The van der Waals surface area contributed by atoms with Crippen molar-refractivity contribution in [3.63, 3.8) is 0 Å². The molecule has 1 atom stereocenters. The van der Waals surface area contributed by atoms with Crippen molar-refractivity contribution in [1.29, 1.82) is 0 Å². The number of aliphatic hydroxyl groups excluding tert-OH is 1. The molecule has 1 unspecified atom stereocenters. The van der Waals surface area contributed by atoms with Crippen LogP contribution in [0.15, 0.2) is 48.5 Å². The first kappa shape index (κ1) is 15.8. The van der Waals surface area contributed by atoms with Crippen LogP contribution in [0.3, 0.4) is 0 Å². The first-order chi connectivity index (χ1) is 10.4. The largest absolute Gasteiger partial charge is 0.508 e. The van der Waals surface area contributed by atoms with Crippen molar-refractivity contribution in [3.05, 3.63) is 48.5 Å². The van der Waals surface area contributed by atoms with Crippen molar-refractivity contribution in [2.75, 3.05) is 0 Å². The van der Waals surface area contributed by atoms with Crippen LogP contribution >= 0.6 is 0 Å². The first-order valence-corrected chi connectivity index (χ1v) is 7.15. The first-order valence-electron chi connectivity index (χ1n) is 7.15. The topological polar surface area (TPSA) is 49.7 Å². The number of ether oxygens (including phenoxy) is 1. The van der Waals surface area contributed by atoms with Crippen LogP contribution in [-0.2, 0) is 0 Å². The Kier molecular flexibility index (Phi) is 4.62. The molecule has 0 fully saturated rings. The molecular formula is C19H20O3. The molecule has 0 heterocycles. The SMILES string of the molecule is CC(C#CO)C(C)(C)Oc1ccc(-c2ccc(O)cc2)cc1. The van der Waals surface area contributed by atoms with E-state index in [-0.39, 0.29) is 11.7 Å². The minimum atomic E-state index is -0.504. The standard InChI is InChI=1S/C19H20O3/c1-14(12-13-20)19(2,3)22-18-10-6-16(7-11-18)15-4-8-17(21)9-5-15/h4-11,14,20-21H,1-3H3. The van der Waals surface area contributed by atoms with Gasteiger partial charge in [0, 0.05) is 0 Å². The fourth-order valence-corrected chi connectivity index (χ4v) is 2.03. The summed E-state index contributed by atoms with van der Waals surface area (Å²) in [5.41, 5.74) is 1.58. The number of hydrogen-bond acceptors (Lipinski definition) is 3. The van der Waals surface area contributed by atoms with Crippen molar-refractivity contribution in [3.8, 4) is 34.7 Å². The zero-order valence-corrected chi connectivity index (χ0v) is 13.0. The van der Waals surface area contributed by atoms with Gasteiger partial charge in [0.2, 0.25) is 0 Å². The highest BCUT2D eigenvalue weighted by atomic mass is 16.5. The van der Waals surface area contributed by atoms with E-state index in [2.05, 4.69) is 5.92 Å². The van der Waals surface area contributed by atoms with Crippen molar-refractivity contribution < 1.29 is 14.9 Å². The van der Waals surface area contributed by atoms with Gasteiger partial charge in [-0.05, 0) is 56.2 Å². The van der Waals surface area contributed by atoms with E-state index in [1.807, 2.05) is 63.3 Å².